The summed E-state index contributed by atoms with van der Waals surface area (Å²) in [4.78, 5) is 21.6. The number of carbonyl (C=O) groups is 1. The Morgan fingerprint density at radius 1 is 1.04 bits per heavy atom. The van der Waals surface area contributed by atoms with Gasteiger partial charge in [0.2, 0.25) is 0 Å². The van der Waals surface area contributed by atoms with Gasteiger partial charge in [0.15, 0.2) is 5.13 Å². The Morgan fingerprint density at radius 2 is 1.78 bits per heavy atom. The third-order valence-electron chi connectivity index (χ3n) is 4.74. The van der Waals surface area contributed by atoms with Crippen molar-refractivity contribution in [3.8, 4) is 0 Å². The molecular formula is C19H16Cl3N3OS. The second kappa shape index (κ2) is 7.47. The molecule has 0 N–H and O–H groups in total. The van der Waals surface area contributed by atoms with Crippen molar-refractivity contribution in [1.29, 1.82) is 0 Å². The molecule has 0 bridgehead atoms. The van der Waals surface area contributed by atoms with Crippen LogP contribution in [0.25, 0.3) is 10.2 Å². The average Bonchev–Trinajstić information content (AvgIpc) is 3.09. The molecule has 0 saturated carbocycles. The van der Waals surface area contributed by atoms with E-state index in [0.717, 1.165) is 39.0 Å². The van der Waals surface area contributed by atoms with Crippen LogP contribution in [-0.2, 0) is 0 Å². The number of rotatable bonds is 2. The fraction of sp³-hybridized carbons (Fsp3) is 0.263. The van der Waals surface area contributed by atoms with Crippen LogP contribution in [0.1, 0.15) is 15.9 Å². The Hall–Kier alpha value is -1.53. The summed E-state index contributed by atoms with van der Waals surface area (Å²) < 4.78 is 1.12. The maximum atomic E-state index is 12.8. The van der Waals surface area contributed by atoms with Crippen LogP contribution in [0.2, 0.25) is 15.1 Å². The first-order valence-corrected chi connectivity index (χ1v) is 10.4. The van der Waals surface area contributed by atoms with E-state index < -0.39 is 0 Å². The molecule has 0 radical (unpaired) electrons. The van der Waals surface area contributed by atoms with E-state index >= 15 is 0 Å². The van der Waals surface area contributed by atoms with Crippen LogP contribution in [0, 0.1) is 6.92 Å². The maximum absolute atomic E-state index is 12.8. The molecule has 1 aliphatic rings. The van der Waals surface area contributed by atoms with Crippen LogP contribution in [0.15, 0.2) is 30.3 Å². The molecule has 1 aliphatic heterocycles. The molecule has 3 aromatic rings. The van der Waals surface area contributed by atoms with Gasteiger partial charge in [-0.25, -0.2) is 4.98 Å². The van der Waals surface area contributed by atoms with Crippen LogP contribution < -0.4 is 4.90 Å². The Bertz CT molecular complexity index is 1030. The second-order valence-corrected chi connectivity index (χ2v) is 8.68. The molecule has 1 aromatic heterocycles. The number of carbonyl (C=O) groups excluding carboxylic acids is 1. The number of piperazine rings is 1. The molecule has 2 heterocycles. The van der Waals surface area contributed by atoms with Gasteiger partial charge in [0.25, 0.3) is 5.91 Å². The average molecular weight is 441 g/mol. The lowest BCUT2D eigenvalue weighted by Crippen LogP contribution is -2.48. The van der Waals surface area contributed by atoms with Gasteiger partial charge in [0.05, 0.1) is 20.8 Å². The first-order chi connectivity index (χ1) is 12.9. The number of benzene rings is 2. The lowest BCUT2D eigenvalue weighted by atomic mass is 10.2. The highest BCUT2D eigenvalue weighted by atomic mass is 35.5. The first-order valence-electron chi connectivity index (χ1n) is 8.49. The molecular weight excluding hydrogens is 425 g/mol. The molecule has 0 atom stereocenters. The van der Waals surface area contributed by atoms with Gasteiger partial charge in [-0.1, -0.05) is 46.1 Å². The minimum Gasteiger partial charge on any atom is -0.345 e. The Kier molecular flexibility index (Phi) is 5.21. The normalized spacial score (nSPS) is 14.8. The van der Waals surface area contributed by atoms with Crippen molar-refractivity contribution in [2.75, 3.05) is 31.1 Å². The Balaban J connectivity index is 1.49. The molecule has 4 nitrogen and oxygen atoms in total. The minimum atomic E-state index is -0.0664. The summed E-state index contributed by atoms with van der Waals surface area (Å²) in [5, 5.41) is 2.60. The van der Waals surface area contributed by atoms with Crippen molar-refractivity contribution in [1.82, 2.24) is 9.88 Å². The van der Waals surface area contributed by atoms with Gasteiger partial charge in [-0.2, -0.15) is 0 Å². The third-order valence-corrected chi connectivity index (χ3v) is 6.77. The topological polar surface area (TPSA) is 36.4 Å². The van der Waals surface area contributed by atoms with Crippen LogP contribution in [0.5, 0.6) is 0 Å². The van der Waals surface area contributed by atoms with E-state index in [1.165, 1.54) is 0 Å². The molecule has 0 aliphatic carbocycles. The van der Waals surface area contributed by atoms with Crippen LogP contribution in [-0.4, -0.2) is 42.0 Å². The summed E-state index contributed by atoms with van der Waals surface area (Å²) in [6.45, 7) is 4.68. The number of anilines is 1. The highest BCUT2D eigenvalue weighted by molar-refractivity contribution is 7.22. The van der Waals surface area contributed by atoms with Crippen LogP contribution >= 0.6 is 46.1 Å². The molecule has 1 fully saturated rings. The number of hydrogen-bond donors (Lipinski definition) is 0. The molecule has 4 rings (SSSR count). The van der Waals surface area contributed by atoms with Gasteiger partial charge < -0.3 is 9.80 Å². The summed E-state index contributed by atoms with van der Waals surface area (Å²) in [6.07, 6.45) is 0. The molecule has 0 unspecified atom stereocenters. The minimum absolute atomic E-state index is 0.0664. The summed E-state index contributed by atoms with van der Waals surface area (Å²) in [6, 6.07) is 8.88. The zero-order chi connectivity index (χ0) is 19.1. The quantitative estimate of drug-likeness (QED) is 0.526. The van der Waals surface area contributed by atoms with Gasteiger partial charge in [0, 0.05) is 36.2 Å². The van der Waals surface area contributed by atoms with Gasteiger partial charge in [0.1, 0.15) is 0 Å². The Labute approximate surface area is 176 Å². The van der Waals surface area contributed by atoms with E-state index in [-0.39, 0.29) is 5.91 Å². The highest BCUT2D eigenvalue weighted by Gasteiger charge is 2.25. The molecule has 2 aromatic carbocycles. The fourth-order valence-corrected chi connectivity index (χ4v) is 4.88. The predicted octanol–water partition coefficient (Wildman–Crippen LogP) is 5.53. The fourth-order valence-electron chi connectivity index (χ4n) is 3.16. The van der Waals surface area contributed by atoms with Gasteiger partial charge >= 0.3 is 0 Å². The molecule has 1 saturated heterocycles. The van der Waals surface area contributed by atoms with Gasteiger partial charge in [-0.05, 0) is 42.8 Å². The smallest absolute Gasteiger partial charge is 0.255 e. The van der Waals surface area contributed by atoms with E-state index in [9.17, 15) is 4.79 Å². The monoisotopic (exact) mass is 439 g/mol. The van der Waals surface area contributed by atoms with Gasteiger partial charge in [-0.15, -0.1) is 0 Å². The summed E-state index contributed by atoms with van der Waals surface area (Å²) in [5.41, 5.74) is 2.44. The van der Waals surface area contributed by atoms with Crippen LogP contribution in [0.4, 0.5) is 5.13 Å². The first kappa shape index (κ1) is 18.8. The molecule has 27 heavy (non-hydrogen) atoms. The van der Waals surface area contributed by atoms with Crippen molar-refractivity contribution in [2.24, 2.45) is 0 Å². The number of aryl methyl sites for hydroxylation is 1. The SMILES string of the molecule is Cc1c(Cl)ccc2sc(N3CCN(C(=O)c4ccc(Cl)cc4Cl)CC3)nc12. The number of aromatic nitrogens is 1. The van der Waals surface area contributed by atoms with E-state index in [0.29, 0.717) is 28.7 Å². The number of nitrogens with zero attached hydrogens (tertiary/aromatic N) is 3. The molecule has 0 spiro atoms. The van der Waals surface area contributed by atoms with E-state index in [2.05, 4.69) is 4.90 Å². The largest absolute Gasteiger partial charge is 0.345 e. The van der Waals surface area contributed by atoms with Crippen molar-refractivity contribution < 1.29 is 4.79 Å². The standard InChI is InChI=1S/C19H16Cl3N3OS/c1-11-14(21)4-5-16-17(11)23-19(27-16)25-8-6-24(7-9-25)18(26)13-3-2-12(20)10-15(13)22/h2-5,10H,6-9H2,1H3. The zero-order valence-electron chi connectivity index (χ0n) is 14.5. The zero-order valence-corrected chi connectivity index (χ0v) is 17.6. The number of thiazole rings is 1. The summed E-state index contributed by atoms with van der Waals surface area (Å²) in [5.74, 6) is -0.0664. The highest BCUT2D eigenvalue weighted by Crippen LogP contribution is 2.34. The summed E-state index contributed by atoms with van der Waals surface area (Å²) in [7, 11) is 0. The molecule has 8 heteroatoms. The van der Waals surface area contributed by atoms with Crippen molar-refractivity contribution in [3.05, 3.63) is 56.5 Å². The van der Waals surface area contributed by atoms with Crippen molar-refractivity contribution >= 4 is 67.4 Å². The molecule has 140 valence electrons. The second-order valence-electron chi connectivity index (χ2n) is 6.42. The predicted molar refractivity (Wildman–Crippen MR) is 114 cm³/mol. The maximum Gasteiger partial charge on any atom is 0.255 e. The number of hydrogen-bond acceptors (Lipinski definition) is 4. The van der Waals surface area contributed by atoms with Crippen LogP contribution in [0.3, 0.4) is 0 Å². The van der Waals surface area contributed by atoms with Crippen molar-refractivity contribution in [3.63, 3.8) is 0 Å². The third kappa shape index (κ3) is 3.61. The lowest BCUT2D eigenvalue weighted by Gasteiger charge is -2.34. The Morgan fingerprint density at radius 3 is 2.48 bits per heavy atom. The number of fused-ring (bicyclic) bond motifs is 1. The summed E-state index contributed by atoms with van der Waals surface area (Å²) >= 11 is 20.0. The van der Waals surface area contributed by atoms with E-state index in [4.69, 9.17) is 39.8 Å². The van der Waals surface area contributed by atoms with Crippen molar-refractivity contribution in [2.45, 2.75) is 6.92 Å². The van der Waals surface area contributed by atoms with E-state index in [1.807, 2.05) is 24.0 Å². The van der Waals surface area contributed by atoms with Gasteiger partial charge in [-0.3, -0.25) is 4.79 Å². The molecule has 1 amide bonds. The number of amides is 1. The van der Waals surface area contributed by atoms with E-state index in [1.54, 1.807) is 29.5 Å². The number of halogens is 3. The lowest BCUT2D eigenvalue weighted by molar-refractivity contribution is 0.0747.